The Labute approximate surface area is 160 Å². The molecule has 1 amide bonds. The summed E-state index contributed by atoms with van der Waals surface area (Å²) in [6.45, 7) is 6.27. The van der Waals surface area contributed by atoms with E-state index in [1.807, 2.05) is 0 Å². The van der Waals surface area contributed by atoms with Gasteiger partial charge < -0.3 is 15.8 Å². The molecule has 0 bridgehead atoms. The summed E-state index contributed by atoms with van der Waals surface area (Å²) in [6.07, 6.45) is 0.991. The average Bonchev–Trinajstić information content (AvgIpc) is 3.04. The van der Waals surface area contributed by atoms with Gasteiger partial charge >= 0.3 is 0 Å². The summed E-state index contributed by atoms with van der Waals surface area (Å²) in [4.78, 5) is 14.6. The van der Waals surface area contributed by atoms with Crippen LogP contribution in [0.4, 0.5) is 5.69 Å². The molecule has 1 aromatic carbocycles. The van der Waals surface area contributed by atoms with Crippen molar-refractivity contribution in [3.8, 4) is 0 Å². The van der Waals surface area contributed by atoms with E-state index in [9.17, 15) is 13.2 Å². The lowest BCUT2D eigenvalue weighted by atomic mass is 9.90. The highest BCUT2D eigenvalue weighted by Crippen LogP contribution is 2.28. The van der Waals surface area contributed by atoms with E-state index in [-0.39, 0.29) is 16.2 Å². The van der Waals surface area contributed by atoms with E-state index < -0.39 is 10.0 Å². The van der Waals surface area contributed by atoms with Crippen molar-refractivity contribution in [1.82, 2.24) is 9.21 Å². The van der Waals surface area contributed by atoms with Crippen LogP contribution in [-0.4, -0.2) is 76.0 Å². The van der Waals surface area contributed by atoms with Gasteiger partial charge in [-0.3, -0.25) is 9.69 Å². The Morgan fingerprint density at radius 1 is 1.22 bits per heavy atom. The van der Waals surface area contributed by atoms with Crippen molar-refractivity contribution < 1.29 is 17.9 Å². The number of sulfonamides is 1. The molecule has 0 radical (unpaired) electrons. The molecule has 2 saturated heterocycles. The molecule has 0 aromatic heterocycles. The molecule has 9 heteroatoms. The maximum Gasteiger partial charge on any atom is 0.243 e. The minimum absolute atomic E-state index is 0.0791. The summed E-state index contributed by atoms with van der Waals surface area (Å²) in [5.41, 5.74) is 6.47. The molecule has 3 rings (SSSR count). The molecular formula is C18H28N4O4S. The van der Waals surface area contributed by atoms with Gasteiger partial charge in [0.25, 0.3) is 0 Å². The molecular weight excluding hydrogens is 368 g/mol. The van der Waals surface area contributed by atoms with Gasteiger partial charge in [-0.05, 0) is 49.2 Å². The number of nitrogens with zero attached hydrogens (tertiary/aromatic N) is 2. The lowest BCUT2D eigenvalue weighted by Crippen LogP contribution is -2.40. The number of likely N-dealkylation sites (tertiary alicyclic amines) is 1. The second-order valence-electron chi connectivity index (χ2n) is 7.56. The second kappa shape index (κ2) is 8.24. The molecule has 27 heavy (non-hydrogen) atoms. The standard InChI is InChI=1S/C18H28N4O4S/c1-18(13-19)6-7-21(14-18)12-17(23)20-15-2-4-16(5-3-15)27(24,25)22-8-10-26-11-9-22/h2-5H,6-14,19H2,1H3,(H,20,23). The van der Waals surface area contributed by atoms with Crippen LogP contribution in [0.2, 0.25) is 0 Å². The van der Waals surface area contributed by atoms with Crippen molar-refractivity contribution in [2.45, 2.75) is 18.2 Å². The Balaban J connectivity index is 1.57. The van der Waals surface area contributed by atoms with E-state index in [1.54, 1.807) is 12.1 Å². The van der Waals surface area contributed by atoms with Crippen molar-refractivity contribution in [3.63, 3.8) is 0 Å². The molecule has 0 saturated carbocycles. The van der Waals surface area contributed by atoms with Crippen molar-refractivity contribution in [2.75, 3.05) is 57.8 Å². The van der Waals surface area contributed by atoms with Gasteiger partial charge in [0.1, 0.15) is 0 Å². The van der Waals surface area contributed by atoms with Gasteiger partial charge in [0.2, 0.25) is 15.9 Å². The molecule has 1 aromatic rings. The Bertz CT molecular complexity index is 762. The normalized spacial score (nSPS) is 24.8. The number of anilines is 1. The average molecular weight is 397 g/mol. The Hall–Kier alpha value is -1.52. The third-order valence-electron chi connectivity index (χ3n) is 5.24. The molecule has 2 aliphatic rings. The zero-order valence-corrected chi connectivity index (χ0v) is 16.5. The minimum atomic E-state index is -3.52. The number of nitrogens with two attached hydrogens (primary N) is 1. The molecule has 8 nitrogen and oxygen atoms in total. The number of ether oxygens (including phenoxy) is 1. The SMILES string of the molecule is CC1(CN)CCN(CC(=O)Nc2ccc(S(=O)(=O)N3CCOCC3)cc2)C1. The van der Waals surface area contributed by atoms with E-state index in [2.05, 4.69) is 17.1 Å². The quantitative estimate of drug-likeness (QED) is 0.717. The first-order valence-electron chi connectivity index (χ1n) is 9.23. The first kappa shape index (κ1) is 20.2. The predicted molar refractivity (Wildman–Crippen MR) is 103 cm³/mol. The van der Waals surface area contributed by atoms with Crippen molar-refractivity contribution >= 4 is 21.6 Å². The zero-order chi connectivity index (χ0) is 19.5. The van der Waals surface area contributed by atoms with E-state index in [4.69, 9.17) is 10.5 Å². The number of benzene rings is 1. The fourth-order valence-corrected chi connectivity index (χ4v) is 4.89. The predicted octanol–water partition coefficient (Wildman–Crippen LogP) is 0.317. The molecule has 3 N–H and O–H groups in total. The lowest BCUT2D eigenvalue weighted by Gasteiger charge is -2.26. The van der Waals surface area contributed by atoms with Crippen LogP contribution in [0.15, 0.2) is 29.2 Å². The van der Waals surface area contributed by atoms with Crippen molar-refractivity contribution in [2.24, 2.45) is 11.1 Å². The molecule has 1 atom stereocenters. The van der Waals surface area contributed by atoms with Crippen LogP contribution < -0.4 is 11.1 Å². The van der Waals surface area contributed by atoms with Crippen LogP contribution in [0, 0.1) is 5.41 Å². The summed E-state index contributed by atoms with van der Waals surface area (Å²) in [5, 5.41) is 2.83. The van der Waals surface area contributed by atoms with E-state index in [0.29, 0.717) is 45.1 Å². The molecule has 2 aliphatic heterocycles. The highest BCUT2D eigenvalue weighted by atomic mass is 32.2. The molecule has 0 aliphatic carbocycles. The van der Waals surface area contributed by atoms with Crippen LogP contribution in [0.3, 0.4) is 0 Å². The third-order valence-corrected chi connectivity index (χ3v) is 7.16. The monoisotopic (exact) mass is 396 g/mol. The highest BCUT2D eigenvalue weighted by molar-refractivity contribution is 7.89. The van der Waals surface area contributed by atoms with Gasteiger partial charge in [0, 0.05) is 25.3 Å². The smallest absolute Gasteiger partial charge is 0.243 e. The fourth-order valence-electron chi connectivity index (χ4n) is 3.48. The van der Waals surface area contributed by atoms with Gasteiger partial charge in [-0.2, -0.15) is 4.31 Å². The van der Waals surface area contributed by atoms with Gasteiger partial charge in [-0.1, -0.05) is 6.92 Å². The summed E-state index contributed by atoms with van der Waals surface area (Å²) >= 11 is 0. The van der Waals surface area contributed by atoms with Crippen molar-refractivity contribution in [3.05, 3.63) is 24.3 Å². The minimum Gasteiger partial charge on any atom is -0.379 e. The number of carbonyl (C=O) groups is 1. The molecule has 2 fully saturated rings. The molecule has 2 heterocycles. The number of morpholine rings is 1. The van der Waals surface area contributed by atoms with Crippen LogP contribution in [0.25, 0.3) is 0 Å². The zero-order valence-electron chi connectivity index (χ0n) is 15.7. The largest absolute Gasteiger partial charge is 0.379 e. The Morgan fingerprint density at radius 2 is 1.89 bits per heavy atom. The summed E-state index contributed by atoms with van der Waals surface area (Å²) < 4.78 is 31.8. The van der Waals surface area contributed by atoms with E-state index in [0.717, 1.165) is 19.5 Å². The van der Waals surface area contributed by atoms with Crippen LogP contribution in [0.1, 0.15) is 13.3 Å². The van der Waals surface area contributed by atoms with Gasteiger partial charge in [0.05, 0.1) is 24.7 Å². The number of amides is 1. The van der Waals surface area contributed by atoms with Crippen LogP contribution in [-0.2, 0) is 19.6 Å². The molecule has 0 spiro atoms. The number of nitrogens with one attached hydrogen (secondary N) is 1. The molecule has 1 unspecified atom stereocenters. The van der Waals surface area contributed by atoms with Crippen LogP contribution >= 0.6 is 0 Å². The van der Waals surface area contributed by atoms with E-state index in [1.165, 1.54) is 16.4 Å². The number of rotatable bonds is 6. The summed E-state index contributed by atoms with van der Waals surface area (Å²) in [7, 11) is -3.52. The van der Waals surface area contributed by atoms with E-state index >= 15 is 0 Å². The van der Waals surface area contributed by atoms with Gasteiger partial charge in [-0.25, -0.2) is 8.42 Å². The second-order valence-corrected chi connectivity index (χ2v) is 9.50. The topological polar surface area (TPSA) is 105 Å². The summed E-state index contributed by atoms with van der Waals surface area (Å²) in [5.74, 6) is -0.111. The highest BCUT2D eigenvalue weighted by Gasteiger charge is 2.33. The first-order chi connectivity index (χ1) is 12.8. The van der Waals surface area contributed by atoms with Crippen molar-refractivity contribution in [1.29, 1.82) is 0 Å². The Kier molecular flexibility index (Phi) is 6.17. The maximum absolute atomic E-state index is 12.6. The number of hydrogen-bond donors (Lipinski definition) is 2. The Morgan fingerprint density at radius 3 is 2.48 bits per heavy atom. The molecule has 150 valence electrons. The lowest BCUT2D eigenvalue weighted by molar-refractivity contribution is -0.117. The fraction of sp³-hybridized carbons (Fsp3) is 0.611. The van der Waals surface area contributed by atoms with Gasteiger partial charge in [-0.15, -0.1) is 0 Å². The number of hydrogen-bond acceptors (Lipinski definition) is 6. The first-order valence-corrected chi connectivity index (χ1v) is 10.7. The maximum atomic E-state index is 12.6. The number of carbonyl (C=O) groups excluding carboxylic acids is 1. The van der Waals surface area contributed by atoms with Gasteiger partial charge in [0.15, 0.2) is 0 Å². The van der Waals surface area contributed by atoms with Crippen LogP contribution in [0.5, 0.6) is 0 Å². The third kappa shape index (κ3) is 4.85. The summed E-state index contributed by atoms with van der Waals surface area (Å²) in [6, 6.07) is 6.31.